The number of hydrogen-bond donors (Lipinski definition) is 1. The van der Waals surface area contributed by atoms with E-state index >= 15 is 0 Å². The first-order chi connectivity index (χ1) is 8.32. The lowest BCUT2D eigenvalue weighted by atomic mass is 9.69. The second kappa shape index (κ2) is 6.58. The molecule has 1 aliphatic heterocycles. The van der Waals surface area contributed by atoms with Crippen molar-refractivity contribution >= 4 is 5.91 Å². The molecule has 0 bridgehead atoms. The van der Waals surface area contributed by atoms with Gasteiger partial charge in [-0.05, 0) is 41.9 Å². The number of hydrogen-bond acceptors (Lipinski definition) is 1. The molecule has 1 aliphatic rings. The number of amides is 1. The number of nitrogens with one attached hydrogen (secondary N) is 1. The van der Waals surface area contributed by atoms with Gasteiger partial charge in [0.1, 0.15) is 0 Å². The van der Waals surface area contributed by atoms with Gasteiger partial charge in [-0.15, -0.1) is 0 Å². The molecule has 0 saturated carbocycles. The van der Waals surface area contributed by atoms with Crippen LogP contribution in [0.3, 0.4) is 0 Å². The number of carbonyl (C=O) groups excluding carboxylic acids is 1. The summed E-state index contributed by atoms with van der Waals surface area (Å²) in [6.45, 7) is 14.6. The fourth-order valence-electron chi connectivity index (χ4n) is 3.31. The number of carbonyl (C=O) groups is 1. The molecule has 18 heavy (non-hydrogen) atoms. The van der Waals surface area contributed by atoms with Gasteiger partial charge in [0.25, 0.3) is 0 Å². The largest absolute Gasteiger partial charge is 0.356 e. The molecule has 3 unspecified atom stereocenters. The Labute approximate surface area is 113 Å². The summed E-state index contributed by atoms with van der Waals surface area (Å²) < 4.78 is 0. The van der Waals surface area contributed by atoms with E-state index in [9.17, 15) is 4.79 Å². The highest BCUT2D eigenvalue weighted by Gasteiger charge is 2.33. The van der Waals surface area contributed by atoms with E-state index in [2.05, 4.69) is 46.9 Å². The van der Waals surface area contributed by atoms with Crippen LogP contribution in [0.5, 0.6) is 0 Å². The van der Waals surface area contributed by atoms with Gasteiger partial charge in [-0.25, -0.2) is 0 Å². The summed E-state index contributed by atoms with van der Waals surface area (Å²) in [7, 11) is 0. The SMILES string of the molecule is CC(C)C1CC(=O)NCC(C(C)C)C(C(C)C)C1. The molecule has 1 amide bonds. The highest BCUT2D eigenvalue weighted by atomic mass is 16.1. The summed E-state index contributed by atoms with van der Waals surface area (Å²) in [5.74, 6) is 4.09. The molecule has 0 aromatic rings. The van der Waals surface area contributed by atoms with Gasteiger partial charge in [-0.1, -0.05) is 41.5 Å². The van der Waals surface area contributed by atoms with Gasteiger partial charge in [0.05, 0.1) is 0 Å². The third-order valence-corrected chi connectivity index (χ3v) is 4.76. The van der Waals surface area contributed by atoms with Crippen molar-refractivity contribution in [2.45, 2.75) is 54.4 Å². The molecule has 1 saturated heterocycles. The van der Waals surface area contributed by atoms with Gasteiger partial charge < -0.3 is 5.32 Å². The summed E-state index contributed by atoms with van der Waals surface area (Å²) in [6, 6.07) is 0. The van der Waals surface area contributed by atoms with E-state index in [0.717, 1.165) is 12.5 Å². The quantitative estimate of drug-likeness (QED) is 0.816. The Morgan fingerprint density at radius 2 is 1.50 bits per heavy atom. The van der Waals surface area contributed by atoms with E-state index in [0.29, 0.717) is 36.0 Å². The summed E-state index contributed by atoms with van der Waals surface area (Å²) in [4.78, 5) is 11.9. The zero-order valence-electron chi connectivity index (χ0n) is 13.0. The van der Waals surface area contributed by atoms with E-state index < -0.39 is 0 Å². The Kier molecular flexibility index (Phi) is 5.68. The van der Waals surface area contributed by atoms with Crippen LogP contribution in [0.25, 0.3) is 0 Å². The molecule has 0 spiro atoms. The van der Waals surface area contributed by atoms with Crippen LogP contribution in [-0.4, -0.2) is 12.5 Å². The van der Waals surface area contributed by atoms with Gasteiger partial charge in [-0.3, -0.25) is 4.79 Å². The van der Waals surface area contributed by atoms with E-state index in [1.54, 1.807) is 0 Å². The molecule has 1 heterocycles. The molecule has 1 fully saturated rings. The average Bonchev–Trinajstić information content (AvgIpc) is 2.21. The fourth-order valence-corrected chi connectivity index (χ4v) is 3.31. The summed E-state index contributed by atoms with van der Waals surface area (Å²) in [6.07, 6.45) is 1.93. The molecule has 0 aromatic carbocycles. The van der Waals surface area contributed by atoms with Gasteiger partial charge in [0.15, 0.2) is 0 Å². The minimum atomic E-state index is 0.251. The van der Waals surface area contributed by atoms with Crippen molar-refractivity contribution in [3.05, 3.63) is 0 Å². The normalized spacial score (nSPS) is 30.5. The lowest BCUT2D eigenvalue weighted by Gasteiger charge is -2.38. The minimum absolute atomic E-state index is 0.251. The summed E-state index contributed by atoms with van der Waals surface area (Å²) in [5.41, 5.74) is 0. The molecule has 0 aromatic heterocycles. The smallest absolute Gasteiger partial charge is 0.220 e. The van der Waals surface area contributed by atoms with Crippen molar-refractivity contribution in [1.29, 1.82) is 0 Å². The van der Waals surface area contributed by atoms with E-state index in [-0.39, 0.29) is 5.91 Å². The van der Waals surface area contributed by atoms with Crippen molar-refractivity contribution in [2.24, 2.45) is 35.5 Å². The predicted molar refractivity (Wildman–Crippen MR) is 77.2 cm³/mol. The average molecular weight is 253 g/mol. The molecule has 0 aliphatic carbocycles. The van der Waals surface area contributed by atoms with Gasteiger partial charge in [0, 0.05) is 13.0 Å². The molecule has 106 valence electrons. The maximum Gasteiger partial charge on any atom is 0.220 e. The molecule has 1 N–H and O–H groups in total. The molecular formula is C16H31NO. The lowest BCUT2D eigenvalue weighted by Crippen LogP contribution is -2.42. The summed E-state index contributed by atoms with van der Waals surface area (Å²) >= 11 is 0. The van der Waals surface area contributed by atoms with Crippen LogP contribution in [0.1, 0.15) is 54.4 Å². The Balaban J connectivity index is 2.89. The fraction of sp³-hybridized carbons (Fsp3) is 0.938. The minimum Gasteiger partial charge on any atom is -0.356 e. The third-order valence-electron chi connectivity index (χ3n) is 4.76. The maximum absolute atomic E-state index is 11.9. The molecule has 2 nitrogen and oxygen atoms in total. The molecular weight excluding hydrogens is 222 g/mol. The van der Waals surface area contributed by atoms with Gasteiger partial charge >= 0.3 is 0 Å². The highest BCUT2D eigenvalue weighted by molar-refractivity contribution is 5.76. The van der Waals surface area contributed by atoms with Crippen molar-refractivity contribution in [3.8, 4) is 0 Å². The Hall–Kier alpha value is -0.530. The van der Waals surface area contributed by atoms with E-state index in [4.69, 9.17) is 0 Å². The molecule has 0 radical (unpaired) electrons. The standard InChI is InChI=1S/C16H31NO/c1-10(2)13-7-14(11(3)4)15(12(5)6)9-17-16(18)8-13/h10-15H,7-9H2,1-6H3,(H,17,18). The Morgan fingerprint density at radius 3 is 1.94 bits per heavy atom. The van der Waals surface area contributed by atoms with Gasteiger partial charge in [-0.2, -0.15) is 0 Å². The van der Waals surface area contributed by atoms with Crippen LogP contribution in [0.15, 0.2) is 0 Å². The van der Waals surface area contributed by atoms with E-state index in [1.807, 2.05) is 0 Å². The molecule has 2 heteroatoms. The van der Waals surface area contributed by atoms with Gasteiger partial charge in [0.2, 0.25) is 5.91 Å². The second-order valence-electron chi connectivity index (χ2n) is 7.06. The zero-order chi connectivity index (χ0) is 13.9. The maximum atomic E-state index is 11.9. The van der Waals surface area contributed by atoms with Crippen molar-refractivity contribution in [2.75, 3.05) is 6.54 Å². The Morgan fingerprint density at radius 1 is 0.944 bits per heavy atom. The van der Waals surface area contributed by atoms with Crippen molar-refractivity contribution < 1.29 is 4.79 Å². The van der Waals surface area contributed by atoms with Crippen LogP contribution >= 0.6 is 0 Å². The lowest BCUT2D eigenvalue weighted by molar-refractivity contribution is -0.123. The first-order valence-corrected chi connectivity index (χ1v) is 7.59. The van der Waals surface area contributed by atoms with Crippen LogP contribution in [0.2, 0.25) is 0 Å². The second-order valence-corrected chi connectivity index (χ2v) is 7.06. The molecule has 1 rings (SSSR count). The molecule has 3 atom stereocenters. The zero-order valence-corrected chi connectivity index (χ0v) is 13.0. The first-order valence-electron chi connectivity index (χ1n) is 7.59. The van der Waals surface area contributed by atoms with E-state index in [1.165, 1.54) is 6.42 Å². The Bertz CT molecular complexity index is 270. The topological polar surface area (TPSA) is 29.1 Å². The number of rotatable bonds is 3. The summed E-state index contributed by atoms with van der Waals surface area (Å²) in [5, 5.41) is 3.15. The van der Waals surface area contributed by atoms with Crippen LogP contribution < -0.4 is 5.32 Å². The third kappa shape index (κ3) is 4.00. The van der Waals surface area contributed by atoms with Crippen LogP contribution in [0, 0.1) is 35.5 Å². The highest BCUT2D eigenvalue weighted by Crippen LogP contribution is 2.36. The predicted octanol–water partition coefficient (Wildman–Crippen LogP) is 3.71. The van der Waals surface area contributed by atoms with Crippen LogP contribution in [0.4, 0.5) is 0 Å². The monoisotopic (exact) mass is 253 g/mol. The first kappa shape index (κ1) is 15.5. The van der Waals surface area contributed by atoms with Crippen molar-refractivity contribution in [1.82, 2.24) is 5.32 Å². The van der Waals surface area contributed by atoms with Crippen molar-refractivity contribution in [3.63, 3.8) is 0 Å². The van der Waals surface area contributed by atoms with Crippen LogP contribution in [-0.2, 0) is 4.79 Å².